The van der Waals surface area contributed by atoms with Gasteiger partial charge in [0.25, 0.3) is 0 Å². The van der Waals surface area contributed by atoms with Crippen molar-refractivity contribution < 1.29 is 13.2 Å². The lowest BCUT2D eigenvalue weighted by molar-refractivity contribution is -0.116. The van der Waals surface area contributed by atoms with E-state index in [-0.39, 0.29) is 21.8 Å². The van der Waals surface area contributed by atoms with Gasteiger partial charge in [-0.05, 0) is 70.7 Å². The predicted molar refractivity (Wildman–Crippen MR) is 100 cm³/mol. The molecule has 0 saturated carbocycles. The molecule has 3 nitrogen and oxygen atoms in total. The van der Waals surface area contributed by atoms with Crippen LogP contribution in [0.3, 0.4) is 0 Å². The van der Waals surface area contributed by atoms with Crippen LogP contribution in [0.5, 0.6) is 0 Å². The third-order valence-corrected chi connectivity index (χ3v) is 7.15. The summed E-state index contributed by atoms with van der Waals surface area (Å²) in [6.45, 7) is 5.73. The first-order chi connectivity index (χ1) is 10.0. The summed E-state index contributed by atoms with van der Waals surface area (Å²) in [6, 6.07) is 6.87. The molecule has 0 aromatic heterocycles. The van der Waals surface area contributed by atoms with Gasteiger partial charge in [0.15, 0.2) is 15.6 Å². The van der Waals surface area contributed by atoms with Gasteiger partial charge in [-0.25, -0.2) is 8.42 Å². The molecule has 2 rings (SSSR count). The highest BCUT2D eigenvalue weighted by Crippen LogP contribution is 2.42. The van der Waals surface area contributed by atoms with Crippen LogP contribution in [0.25, 0.3) is 0 Å². The Morgan fingerprint density at radius 1 is 1.36 bits per heavy atom. The highest BCUT2D eigenvalue weighted by atomic mass is 127. The normalized spacial score (nSPS) is 22.0. The van der Waals surface area contributed by atoms with Crippen LogP contribution in [0.4, 0.5) is 0 Å². The van der Waals surface area contributed by atoms with Crippen molar-refractivity contribution in [2.24, 2.45) is 5.41 Å². The molecule has 0 heterocycles. The first-order valence-electron chi connectivity index (χ1n) is 6.91. The summed E-state index contributed by atoms with van der Waals surface area (Å²) in [4.78, 5) is 12.3. The molecule has 0 spiro atoms. The lowest BCUT2D eigenvalue weighted by atomic mass is 9.73. The minimum absolute atomic E-state index is 0.00725. The second-order valence-electron chi connectivity index (χ2n) is 6.24. The van der Waals surface area contributed by atoms with Crippen LogP contribution < -0.4 is 0 Å². The minimum atomic E-state index is -3.46. The van der Waals surface area contributed by atoms with Gasteiger partial charge in [-0.2, -0.15) is 0 Å². The molecule has 1 unspecified atom stereocenters. The number of sulfone groups is 1. The van der Waals surface area contributed by atoms with Crippen molar-refractivity contribution in [2.45, 2.75) is 36.9 Å². The van der Waals surface area contributed by atoms with E-state index in [2.05, 4.69) is 38.5 Å². The van der Waals surface area contributed by atoms with E-state index in [1.807, 2.05) is 19.9 Å². The maximum atomic E-state index is 12.7. The summed E-state index contributed by atoms with van der Waals surface area (Å²) >= 11 is 5.49. The quantitative estimate of drug-likeness (QED) is 0.466. The zero-order chi connectivity index (χ0) is 16.7. The zero-order valence-corrected chi connectivity index (χ0v) is 17.2. The third kappa shape index (κ3) is 3.64. The minimum Gasteiger partial charge on any atom is -0.293 e. The van der Waals surface area contributed by atoms with Crippen LogP contribution in [-0.4, -0.2) is 24.8 Å². The molecule has 6 heteroatoms. The van der Waals surface area contributed by atoms with Crippen molar-refractivity contribution in [2.75, 3.05) is 5.75 Å². The van der Waals surface area contributed by atoms with Gasteiger partial charge in [0, 0.05) is 3.57 Å². The molecule has 0 amide bonds. The standard InChI is InChI=1S/C16H18BrIO3S/c1-10-13(16(2,3)8-14(17)15(10)19)9-22(20,21)12-6-4-5-11(18)7-12/h4-7,14H,8-9H2,1-3H3. The number of carbonyl (C=O) groups excluding carboxylic acids is 1. The molecule has 1 aliphatic carbocycles. The molecule has 22 heavy (non-hydrogen) atoms. The van der Waals surface area contributed by atoms with Gasteiger partial charge in [0.1, 0.15) is 0 Å². The summed E-state index contributed by atoms with van der Waals surface area (Å²) in [6.07, 6.45) is 0.611. The van der Waals surface area contributed by atoms with E-state index in [0.717, 1.165) is 9.14 Å². The number of carbonyl (C=O) groups is 1. The SMILES string of the molecule is CC1=C(CS(=O)(=O)c2cccc(I)c2)C(C)(C)CC(Br)C1=O. The Kier molecular flexibility index (Phi) is 5.24. The Morgan fingerprint density at radius 3 is 2.59 bits per heavy atom. The number of halogens is 2. The van der Waals surface area contributed by atoms with Crippen LogP contribution in [0.2, 0.25) is 0 Å². The fourth-order valence-corrected chi connectivity index (χ4v) is 6.45. The number of hydrogen-bond acceptors (Lipinski definition) is 3. The number of allylic oxidation sites excluding steroid dienone is 1. The molecule has 0 saturated heterocycles. The largest absolute Gasteiger partial charge is 0.293 e. The van der Waals surface area contributed by atoms with Crippen molar-refractivity contribution in [1.82, 2.24) is 0 Å². The average Bonchev–Trinajstić information content (AvgIpc) is 2.41. The molecule has 1 atom stereocenters. The number of ketones is 1. The molecular formula is C16H18BrIO3S. The summed E-state index contributed by atoms with van der Waals surface area (Å²) in [5.74, 6) is -0.107. The molecule has 1 aromatic rings. The fourth-order valence-electron chi connectivity index (χ4n) is 2.79. The smallest absolute Gasteiger partial charge is 0.182 e. The van der Waals surface area contributed by atoms with Gasteiger partial charge >= 0.3 is 0 Å². The number of rotatable bonds is 3. The predicted octanol–water partition coefficient (Wildman–Crippen LogP) is 4.14. The summed E-state index contributed by atoms with van der Waals surface area (Å²) < 4.78 is 26.3. The molecule has 1 aliphatic rings. The van der Waals surface area contributed by atoms with E-state index in [9.17, 15) is 13.2 Å². The number of alkyl halides is 1. The van der Waals surface area contributed by atoms with Gasteiger partial charge in [0.05, 0.1) is 15.5 Å². The lowest BCUT2D eigenvalue weighted by Gasteiger charge is -2.36. The lowest BCUT2D eigenvalue weighted by Crippen LogP contribution is -2.35. The van der Waals surface area contributed by atoms with Crippen molar-refractivity contribution in [3.05, 3.63) is 39.0 Å². The summed E-state index contributed by atoms with van der Waals surface area (Å²) in [5, 5.41) is 0. The zero-order valence-electron chi connectivity index (χ0n) is 12.7. The second-order valence-corrected chi connectivity index (χ2v) is 10.6. The van der Waals surface area contributed by atoms with E-state index in [0.29, 0.717) is 16.9 Å². The Balaban J connectivity index is 2.46. The van der Waals surface area contributed by atoms with Crippen molar-refractivity contribution in [3.63, 3.8) is 0 Å². The van der Waals surface area contributed by atoms with E-state index >= 15 is 0 Å². The van der Waals surface area contributed by atoms with Gasteiger partial charge in [-0.15, -0.1) is 0 Å². The Hall–Kier alpha value is -0.210. The van der Waals surface area contributed by atoms with Crippen LogP contribution >= 0.6 is 38.5 Å². The highest BCUT2D eigenvalue weighted by molar-refractivity contribution is 14.1. The van der Waals surface area contributed by atoms with Crippen LogP contribution in [-0.2, 0) is 14.6 Å². The fraction of sp³-hybridized carbons (Fsp3) is 0.438. The van der Waals surface area contributed by atoms with Crippen molar-refractivity contribution >= 4 is 54.1 Å². The van der Waals surface area contributed by atoms with Crippen LogP contribution in [0.1, 0.15) is 27.2 Å². The number of hydrogen-bond donors (Lipinski definition) is 0. The second kappa shape index (κ2) is 6.36. The Labute approximate surface area is 153 Å². The molecular weight excluding hydrogens is 479 g/mol. The third-order valence-electron chi connectivity index (χ3n) is 4.10. The van der Waals surface area contributed by atoms with E-state index in [1.165, 1.54) is 0 Å². The van der Waals surface area contributed by atoms with Crippen LogP contribution in [0, 0.1) is 8.99 Å². The topological polar surface area (TPSA) is 51.2 Å². The number of Topliss-reactive ketones (excluding diaryl/α,β-unsaturated/α-hetero) is 1. The Morgan fingerprint density at radius 2 is 2.00 bits per heavy atom. The Bertz CT molecular complexity index is 750. The maximum absolute atomic E-state index is 12.7. The van der Waals surface area contributed by atoms with Gasteiger partial charge in [-0.3, -0.25) is 4.79 Å². The molecule has 0 fully saturated rings. The molecule has 1 aromatic carbocycles. The molecule has 0 N–H and O–H groups in total. The first kappa shape index (κ1) is 18.1. The van der Waals surface area contributed by atoms with Gasteiger partial charge in [-0.1, -0.05) is 35.8 Å². The van der Waals surface area contributed by atoms with E-state index < -0.39 is 9.84 Å². The van der Waals surface area contributed by atoms with E-state index in [1.54, 1.807) is 25.1 Å². The van der Waals surface area contributed by atoms with Gasteiger partial charge < -0.3 is 0 Å². The molecule has 0 bridgehead atoms. The average molecular weight is 497 g/mol. The molecule has 0 radical (unpaired) electrons. The highest BCUT2D eigenvalue weighted by Gasteiger charge is 2.39. The number of benzene rings is 1. The summed E-state index contributed by atoms with van der Waals surface area (Å²) in [7, 11) is -3.46. The monoisotopic (exact) mass is 496 g/mol. The van der Waals surface area contributed by atoms with Crippen molar-refractivity contribution in [3.8, 4) is 0 Å². The summed E-state index contributed by atoms with van der Waals surface area (Å²) in [5.41, 5.74) is 0.987. The maximum Gasteiger partial charge on any atom is 0.182 e. The van der Waals surface area contributed by atoms with Gasteiger partial charge in [0.2, 0.25) is 0 Å². The van der Waals surface area contributed by atoms with Crippen molar-refractivity contribution in [1.29, 1.82) is 0 Å². The molecule has 120 valence electrons. The molecule has 0 aliphatic heterocycles. The van der Waals surface area contributed by atoms with Crippen LogP contribution in [0.15, 0.2) is 40.3 Å². The van der Waals surface area contributed by atoms with E-state index in [4.69, 9.17) is 0 Å². The first-order valence-corrected chi connectivity index (χ1v) is 10.6.